The lowest BCUT2D eigenvalue weighted by molar-refractivity contribution is 0.475. The smallest absolute Gasteiger partial charge is 0.205 e. The fraction of sp³-hybridized carbons (Fsp3) is 0.304. The summed E-state index contributed by atoms with van der Waals surface area (Å²) in [5, 5.41) is 0.788. The molecule has 0 radical (unpaired) electrons. The topological polar surface area (TPSA) is 103 Å². The molecule has 164 valence electrons. The van der Waals surface area contributed by atoms with Gasteiger partial charge in [-0.3, -0.25) is 15.0 Å². The molecule has 32 heavy (non-hydrogen) atoms. The molecule has 0 bridgehead atoms. The second-order valence-electron chi connectivity index (χ2n) is 8.67. The molecule has 7 nitrogen and oxygen atoms in total. The van der Waals surface area contributed by atoms with Gasteiger partial charge in [0.2, 0.25) is 5.69 Å². The number of nitrogens with zero attached hydrogens (tertiary/aromatic N) is 4. The zero-order chi connectivity index (χ0) is 23.3. The van der Waals surface area contributed by atoms with Crippen LogP contribution in [0.25, 0.3) is 15.7 Å². The molecule has 0 amide bonds. The van der Waals surface area contributed by atoms with Gasteiger partial charge in [-0.25, -0.2) is 17.7 Å². The average molecular weight is 452 g/mol. The fourth-order valence-electron chi connectivity index (χ4n) is 3.87. The maximum Gasteiger partial charge on any atom is 0.205 e. The molecule has 1 atom stereocenters. The van der Waals surface area contributed by atoms with E-state index in [1.807, 2.05) is 0 Å². The number of aliphatic imine (C=N–C) groups is 1. The summed E-state index contributed by atoms with van der Waals surface area (Å²) in [7, 11) is -3.66. The first-order chi connectivity index (χ1) is 15.0. The van der Waals surface area contributed by atoms with Crippen molar-refractivity contribution in [1.82, 2.24) is 9.97 Å². The number of hydrogen-bond acceptors (Lipinski definition) is 6. The molecule has 0 fully saturated rings. The van der Waals surface area contributed by atoms with Crippen LogP contribution in [-0.4, -0.2) is 34.7 Å². The molecule has 0 unspecified atom stereocenters. The van der Waals surface area contributed by atoms with Crippen molar-refractivity contribution in [3.63, 3.8) is 0 Å². The van der Waals surface area contributed by atoms with Crippen LogP contribution in [0.2, 0.25) is 0 Å². The lowest BCUT2D eigenvalue weighted by Gasteiger charge is -2.38. The van der Waals surface area contributed by atoms with Gasteiger partial charge in [0.1, 0.15) is 21.9 Å². The van der Waals surface area contributed by atoms with Crippen molar-refractivity contribution in [3.05, 3.63) is 76.8 Å². The van der Waals surface area contributed by atoms with E-state index in [0.29, 0.717) is 23.3 Å². The number of fused-ring (bicyclic) bond motifs is 1. The Morgan fingerprint density at radius 1 is 1.19 bits per heavy atom. The Kier molecular flexibility index (Phi) is 5.01. The van der Waals surface area contributed by atoms with E-state index in [1.165, 1.54) is 26.1 Å². The summed E-state index contributed by atoms with van der Waals surface area (Å²) in [4.78, 5) is 16.6. The van der Waals surface area contributed by atoms with E-state index in [4.69, 9.17) is 12.3 Å². The van der Waals surface area contributed by atoms with E-state index in [2.05, 4.69) is 19.8 Å². The second-order valence-corrected chi connectivity index (χ2v) is 11.2. The number of rotatable bonds is 3. The van der Waals surface area contributed by atoms with Gasteiger partial charge in [-0.05, 0) is 49.9 Å². The maximum absolute atomic E-state index is 14.9. The van der Waals surface area contributed by atoms with Gasteiger partial charge in [0, 0.05) is 24.4 Å². The number of halogens is 1. The minimum atomic E-state index is -3.66. The van der Waals surface area contributed by atoms with Crippen molar-refractivity contribution in [3.8, 4) is 0 Å². The van der Waals surface area contributed by atoms with Gasteiger partial charge in [0.05, 0.1) is 23.5 Å². The Bertz CT molecular complexity index is 1430. The SMILES string of the molecule is [C-]#[N+]c1cnc2c(Cc3ccc(F)c([C@]4(C)CS(=O)(=O)C(C)(C)C(N)=N4)c3)nccc2c1. The number of pyridine rings is 2. The van der Waals surface area contributed by atoms with E-state index in [1.54, 1.807) is 37.4 Å². The fourth-order valence-corrected chi connectivity index (χ4v) is 5.55. The average Bonchev–Trinajstić information content (AvgIpc) is 2.73. The van der Waals surface area contributed by atoms with Crippen molar-refractivity contribution >= 4 is 32.3 Å². The zero-order valence-electron chi connectivity index (χ0n) is 17.9. The van der Waals surface area contributed by atoms with Crippen molar-refractivity contribution < 1.29 is 12.8 Å². The largest absolute Gasteiger partial charge is 0.386 e. The number of nitrogens with two attached hydrogens (primary N) is 1. The van der Waals surface area contributed by atoms with Crippen LogP contribution in [0.15, 0.2) is 47.7 Å². The van der Waals surface area contributed by atoms with Crippen molar-refractivity contribution in [1.29, 1.82) is 0 Å². The maximum atomic E-state index is 14.9. The van der Waals surface area contributed by atoms with E-state index in [9.17, 15) is 12.8 Å². The quantitative estimate of drug-likeness (QED) is 0.612. The Morgan fingerprint density at radius 3 is 2.62 bits per heavy atom. The first-order valence-electron chi connectivity index (χ1n) is 9.95. The summed E-state index contributed by atoms with van der Waals surface area (Å²) in [5.41, 5.74) is 7.32. The van der Waals surface area contributed by atoms with Gasteiger partial charge >= 0.3 is 0 Å². The van der Waals surface area contributed by atoms with Crippen LogP contribution >= 0.6 is 0 Å². The molecule has 0 saturated carbocycles. The molecule has 4 rings (SSSR count). The van der Waals surface area contributed by atoms with E-state index in [-0.39, 0.29) is 17.2 Å². The first-order valence-corrected chi connectivity index (χ1v) is 11.6. The minimum absolute atomic E-state index is 0.0356. The third-order valence-corrected chi connectivity index (χ3v) is 8.71. The van der Waals surface area contributed by atoms with Crippen LogP contribution in [-0.2, 0) is 21.8 Å². The Morgan fingerprint density at radius 2 is 1.94 bits per heavy atom. The highest BCUT2D eigenvalue weighted by Gasteiger charge is 2.49. The molecule has 0 saturated heterocycles. The third-order valence-electron chi connectivity index (χ3n) is 6.00. The number of sulfone groups is 1. The second kappa shape index (κ2) is 7.35. The van der Waals surface area contributed by atoms with Crippen LogP contribution in [0.4, 0.5) is 10.1 Å². The molecule has 2 N–H and O–H groups in total. The minimum Gasteiger partial charge on any atom is -0.386 e. The molecule has 0 aliphatic carbocycles. The molecule has 1 aromatic carbocycles. The summed E-state index contributed by atoms with van der Waals surface area (Å²) < 4.78 is 39.3. The van der Waals surface area contributed by atoms with Gasteiger partial charge in [-0.15, -0.1) is 0 Å². The normalized spacial score (nSPS) is 21.7. The highest BCUT2D eigenvalue weighted by molar-refractivity contribution is 7.93. The number of amidine groups is 1. The predicted molar refractivity (Wildman–Crippen MR) is 122 cm³/mol. The molecular weight excluding hydrogens is 429 g/mol. The molecule has 1 aliphatic heterocycles. The molecule has 2 aromatic heterocycles. The van der Waals surface area contributed by atoms with Gasteiger partial charge in [0.25, 0.3) is 0 Å². The van der Waals surface area contributed by atoms with Crippen LogP contribution in [0, 0.1) is 12.4 Å². The van der Waals surface area contributed by atoms with Crippen LogP contribution < -0.4 is 5.73 Å². The Labute approximate surface area is 186 Å². The summed E-state index contributed by atoms with van der Waals surface area (Å²) in [6.07, 6.45) is 3.48. The van der Waals surface area contributed by atoms with Gasteiger partial charge in [-0.1, -0.05) is 12.1 Å². The summed E-state index contributed by atoms with van der Waals surface area (Å²) in [6.45, 7) is 11.7. The Hall–Kier alpha value is -3.38. The van der Waals surface area contributed by atoms with Crippen molar-refractivity contribution in [2.75, 3.05) is 5.75 Å². The van der Waals surface area contributed by atoms with Crippen molar-refractivity contribution in [2.24, 2.45) is 10.7 Å². The highest BCUT2D eigenvalue weighted by Crippen LogP contribution is 2.38. The molecule has 0 spiro atoms. The highest BCUT2D eigenvalue weighted by atomic mass is 32.2. The van der Waals surface area contributed by atoms with Crippen LogP contribution in [0.3, 0.4) is 0 Å². The predicted octanol–water partition coefficient (Wildman–Crippen LogP) is 3.69. The van der Waals surface area contributed by atoms with Gasteiger partial charge in [-0.2, -0.15) is 0 Å². The number of benzene rings is 1. The Balaban J connectivity index is 1.78. The summed E-state index contributed by atoms with van der Waals surface area (Å²) in [6, 6.07) is 8.08. The summed E-state index contributed by atoms with van der Waals surface area (Å²) >= 11 is 0. The first kappa shape index (κ1) is 21.8. The van der Waals surface area contributed by atoms with E-state index >= 15 is 0 Å². The monoisotopic (exact) mass is 451 g/mol. The van der Waals surface area contributed by atoms with Gasteiger partial charge < -0.3 is 5.73 Å². The summed E-state index contributed by atoms with van der Waals surface area (Å²) in [5.74, 6) is -0.929. The van der Waals surface area contributed by atoms with Gasteiger partial charge in [0.15, 0.2) is 9.84 Å². The molecule has 3 heterocycles. The number of hydrogen-bond donors (Lipinski definition) is 1. The van der Waals surface area contributed by atoms with Crippen LogP contribution in [0.1, 0.15) is 37.6 Å². The van der Waals surface area contributed by atoms with Crippen LogP contribution in [0.5, 0.6) is 0 Å². The molecule has 1 aliphatic rings. The van der Waals surface area contributed by atoms with E-state index < -0.39 is 25.9 Å². The van der Waals surface area contributed by atoms with E-state index in [0.717, 1.165) is 10.9 Å². The zero-order valence-corrected chi connectivity index (χ0v) is 18.7. The van der Waals surface area contributed by atoms with Crippen molar-refractivity contribution in [2.45, 2.75) is 37.5 Å². The third kappa shape index (κ3) is 3.50. The standard InChI is InChI=1S/C23H22FN5O2S/c1-22(2)21(25)29-23(3,13-32(22,30)31)17-9-14(5-6-18(17)24)10-19-20-15(7-8-27-19)11-16(26-4)12-28-20/h5-9,11-12H,10,13H2,1-3H3,(H2,25,29)/t23-/m0/s1. The molecular formula is C23H22FN5O2S. The lowest BCUT2D eigenvalue weighted by Crippen LogP contribution is -2.55. The lowest BCUT2D eigenvalue weighted by atomic mass is 9.91. The molecule has 9 heteroatoms. The molecule has 3 aromatic rings. The number of aromatic nitrogens is 2.